The van der Waals surface area contributed by atoms with Gasteiger partial charge in [0, 0.05) is 26.2 Å². The number of hydrogen-bond donors (Lipinski definition) is 2. The highest BCUT2D eigenvalue weighted by Gasteiger charge is 2.24. The molecular formula is C33H40N8O6. The summed E-state index contributed by atoms with van der Waals surface area (Å²) < 4.78 is 20.9. The fourth-order valence-corrected chi connectivity index (χ4v) is 4.55. The minimum Gasteiger partial charge on any atom is -0.495 e. The lowest BCUT2D eigenvalue weighted by atomic mass is 10.2. The highest BCUT2D eigenvalue weighted by Crippen LogP contribution is 2.29. The van der Waals surface area contributed by atoms with Gasteiger partial charge in [-0.2, -0.15) is 0 Å². The van der Waals surface area contributed by atoms with Gasteiger partial charge in [-0.05, 0) is 52.0 Å². The monoisotopic (exact) mass is 644 g/mol. The Kier molecular flexibility index (Phi) is 11.7. The summed E-state index contributed by atoms with van der Waals surface area (Å²) in [6.07, 6.45) is -0.646. The van der Waals surface area contributed by atoms with Gasteiger partial charge in [0.1, 0.15) is 11.5 Å². The van der Waals surface area contributed by atoms with E-state index in [1.165, 1.54) is 14.2 Å². The van der Waals surface area contributed by atoms with Crippen molar-refractivity contribution in [1.82, 2.24) is 24.8 Å². The molecule has 5 rings (SSSR count). The Morgan fingerprint density at radius 3 is 1.70 bits per heavy atom. The number of anilines is 3. The molecule has 47 heavy (non-hydrogen) atoms. The zero-order valence-electron chi connectivity index (χ0n) is 27.7. The Labute approximate surface area is 274 Å². The van der Waals surface area contributed by atoms with Gasteiger partial charge >= 0.3 is 12.1 Å². The summed E-state index contributed by atoms with van der Waals surface area (Å²) in [5.74, 6) is 2.43. The maximum absolute atomic E-state index is 12.6. The molecule has 0 saturated carbocycles. The van der Waals surface area contributed by atoms with Crippen molar-refractivity contribution in [3.8, 4) is 23.3 Å². The van der Waals surface area contributed by atoms with Crippen LogP contribution < -0.4 is 34.5 Å². The van der Waals surface area contributed by atoms with Crippen LogP contribution in [-0.2, 0) is 0 Å². The molecule has 0 radical (unpaired) electrons. The van der Waals surface area contributed by atoms with Crippen LogP contribution in [0.5, 0.6) is 23.3 Å². The number of methoxy groups -OCH3 is 3. The number of benzene rings is 2. The molecule has 1 saturated heterocycles. The first-order valence-corrected chi connectivity index (χ1v) is 14.9. The van der Waals surface area contributed by atoms with E-state index in [1.807, 2.05) is 51.1 Å². The maximum atomic E-state index is 12.6. The van der Waals surface area contributed by atoms with Crippen LogP contribution in [0.25, 0.3) is 0 Å². The Morgan fingerprint density at radius 1 is 0.638 bits per heavy atom. The number of urea groups is 1. The van der Waals surface area contributed by atoms with E-state index < -0.39 is 6.09 Å². The quantitative estimate of drug-likeness (QED) is 0.274. The summed E-state index contributed by atoms with van der Waals surface area (Å²) in [5, 5.41) is 5.34. The number of piperazine rings is 1. The van der Waals surface area contributed by atoms with Crippen molar-refractivity contribution in [2.45, 2.75) is 27.7 Å². The van der Waals surface area contributed by atoms with Crippen molar-refractivity contribution in [1.29, 1.82) is 0 Å². The number of rotatable bonds is 7. The van der Waals surface area contributed by atoms with Crippen molar-refractivity contribution < 1.29 is 28.5 Å². The van der Waals surface area contributed by atoms with Crippen molar-refractivity contribution in [2.75, 3.05) is 63.0 Å². The lowest BCUT2D eigenvalue weighted by Gasteiger charge is -2.36. The summed E-state index contributed by atoms with van der Waals surface area (Å²) >= 11 is 0. The molecule has 2 aromatic carbocycles. The van der Waals surface area contributed by atoms with Crippen molar-refractivity contribution in [3.63, 3.8) is 0 Å². The molecule has 2 aromatic heterocycles. The van der Waals surface area contributed by atoms with Gasteiger partial charge in [-0.25, -0.2) is 29.5 Å². The molecule has 4 aromatic rings. The Bertz CT molecular complexity index is 1680. The molecule has 248 valence electrons. The van der Waals surface area contributed by atoms with Gasteiger partial charge in [0.05, 0.1) is 49.8 Å². The third-order valence-electron chi connectivity index (χ3n) is 7.33. The number of carbonyl (C=O) groups is 2. The molecular weight excluding hydrogens is 604 g/mol. The fourth-order valence-electron chi connectivity index (χ4n) is 4.55. The van der Waals surface area contributed by atoms with Crippen LogP contribution in [0, 0.1) is 27.7 Å². The summed E-state index contributed by atoms with van der Waals surface area (Å²) in [7, 11) is 4.65. The highest BCUT2D eigenvalue weighted by atomic mass is 16.6. The topological polar surface area (TPSA) is 153 Å². The number of para-hydroxylation sites is 3. The predicted molar refractivity (Wildman–Crippen MR) is 178 cm³/mol. The number of nitrogens with one attached hydrogen (secondary N) is 2. The molecule has 1 aliphatic rings. The van der Waals surface area contributed by atoms with Crippen molar-refractivity contribution in [3.05, 3.63) is 77.4 Å². The lowest BCUT2D eigenvalue weighted by molar-refractivity contribution is 0.207. The number of aromatic nitrogens is 4. The van der Waals surface area contributed by atoms with Gasteiger partial charge in [0.15, 0.2) is 11.6 Å². The van der Waals surface area contributed by atoms with E-state index in [2.05, 4.69) is 35.5 Å². The van der Waals surface area contributed by atoms with E-state index >= 15 is 0 Å². The van der Waals surface area contributed by atoms with Crippen molar-refractivity contribution >= 4 is 29.4 Å². The van der Waals surface area contributed by atoms with Crippen LogP contribution in [-0.4, -0.2) is 84.5 Å². The van der Waals surface area contributed by atoms with Gasteiger partial charge in [-0.3, -0.25) is 10.6 Å². The van der Waals surface area contributed by atoms with Crippen molar-refractivity contribution in [2.24, 2.45) is 0 Å². The van der Waals surface area contributed by atoms with Gasteiger partial charge in [0.25, 0.3) is 11.8 Å². The second-order valence-electron chi connectivity index (χ2n) is 10.4. The molecule has 1 aliphatic heterocycles. The zero-order chi connectivity index (χ0) is 33.9. The minimum atomic E-state index is -0.646. The largest absolute Gasteiger partial charge is 0.495 e. The standard InChI is InChI=1S/C19H25N5O3.C14H15N3O3/c1-13-14(2)21-18(27-4)17(20-13)22-19(25)24-11-9-23(10-12-24)15-7-5-6-8-16(15)26-3;1-9-10(2)16-13(19-3)12(15-9)17-14(18)20-11-7-5-4-6-8-11/h5-8H,9-12H2,1-4H3,(H,20,22,25);4-8H,1-3H3,(H,15,17,18). The second-order valence-corrected chi connectivity index (χ2v) is 10.4. The summed E-state index contributed by atoms with van der Waals surface area (Å²) in [5.41, 5.74) is 4.02. The van der Waals surface area contributed by atoms with Crippen LogP contribution in [0.15, 0.2) is 54.6 Å². The minimum absolute atomic E-state index is 0.203. The van der Waals surface area contributed by atoms with Gasteiger partial charge in [-0.1, -0.05) is 30.3 Å². The first-order chi connectivity index (χ1) is 22.6. The van der Waals surface area contributed by atoms with E-state index in [4.69, 9.17) is 18.9 Å². The summed E-state index contributed by atoms with van der Waals surface area (Å²) in [6.45, 7) is 9.98. The van der Waals surface area contributed by atoms with Crippen LogP contribution >= 0.6 is 0 Å². The fraction of sp³-hybridized carbons (Fsp3) is 0.333. The zero-order valence-corrected chi connectivity index (χ0v) is 27.7. The molecule has 0 atom stereocenters. The van der Waals surface area contributed by atoms with E-state index in [1.54, 1.807) is 43.2 Å². The van der Waals surface area contributed by atoms with Crippen LogP contribution in [0.3, 0.4) is 0 Å². The van der Waals surface area contributed by atoms with E-state index in [-0.39, 0.29) is 17.7 Å². The van der Waals surface area contributed by atoms with Crippen LogP contribution in [0.4, 0.5) is 26.9 Å². The number of nitrogens with zero attached hydrogens (tertiary/aromatic N) is 6. The molecule has 0 bridgehead atoms. The van der Waals surface area contributed by atoms with Gasteiger partial charge in [-0.15, -0.1) is 0 Å². The molecule has 14 heteroatoms. The number of amides is 3. The molecule has 2 N–H and O–H groups in total. The Morgan fingerprint density at radius 2 is 1.15 bits per heavy atom. The number of carbonyl (C=O) groups excluding carboxylic acids is 2. The summed E-state index contributed by atoms with van der Waals surface area (Å²) in [6, 6.07) is 16.5. The smallest absolute Gasteiger partial charge is 0.418 e. The molecule has 0 unspecified atom stereocenters. The van der Waals surface area contributed by atoms with Gasteiger partial charge < -0.3 is 28.7 Å². The normalized spacial score (nSPS) is 12.3. The van der Waals surface area contributed by atoms with Crippen LogP contribution in [0.2, 0.25) is 0 Å². The Balaban J connectivity index is 0.000000223. The van der Waals surface area contributed by atoms with E-state index in [0.29, 0.717) is 36.2 Å². The van der Waals surface area contributed by atoms with E-state index in [0.717, 1.165) is 41.6 Å². The van der Waals surface area contributed by atoms with Gasteiger partial charge in [0.2, 0.25) is 0 Å². The molecule has 3 amide bonds. The SMILES string of the molecule is COc1ccccc1N1CCN(C(=O)Nc2nc(C)c(C)nc2OC)CC1.COc1nc(C)c(C)nc1NC(=O)Oc1ccccc1. The maximum Gasteiger partial charge on any atom is 0.418 e. The number of hydrogen-bond acceptors (Lipinski definition) is 11. The second kappa shape index (κ2) is 16.1. The lowest BCUT2D eigenvalue weighted by Crippen LogP contribution is -2.50. The summed E-state index contributed by atoms with van der Waals surface area (Å²) in [4.78, 5) is 45.6. The average Bonchev–Trinajstić information content (AvgIpc) is 3.08. The van der Waals surface area contributed by atoms with Crippen LogP contribution in [0.1, 0.15) is 22.8 Å². The Hall–Kier alpha value is -5.66. The first-order valence-electron chi connectivity index (χ1n) is 14.9. The molecule has 0 aliphatic carbocycles. The van der Waals surface area contributed by atoms with E-state index in [9.17, 15) is 9.59 Å². The number of ether oxygens (including phenoxy) is 4. The molecule has 3 heterocycles. The third-order valence-corrected chi connectivity index (χ3v) is 7.33. The molecule has 0 spiro atoms. The average molecular weight is 645 g/mol. The first kappa shape index (κ1) is 34.2. The number of aryl methyl sites for hydroxylation is 4. The molecule has 1 fully saturated rings. The molecule has 14 nitrogen and oxygen atoms in total. The highest BCUT2D eigenvalue weighted by molar-refractivity contribution is 5.89. The third kappa shape index (κ3) is 8.96. The predicted octanol–water partition coefficient (Wildman–Crippen LogP) is 5.18.